The molecule has 0 spiro atoms. The molecule has 66 valence electrons. The van der Waals surface area contributed by atoms with Crippen molar-refractivity contribution in [3.8, 4) is 0 Å². The summed E-state index contributed by atoms with van der Waals surface area (Å²) in [6.45, 7) is 6.83. The summed E-state index contributed by atoms with van der Waals surface area (Å²) in [6.07, 6.45) is 6.44. The van der Waals surface area contributed by atoms with Crippen LogP contribution < -0.4 is 0 Å². The fourth-order valence-electron chi connectivity index (χ4n) is 0.921. The maximum absolute atomic E-state index is 8.62. The predicted molar refractivity (Wildman–Crippen MR) is 49.5 cm³/mol. The molecule has 0 aliphatic heterocycles. The van der Waals surface area contributed by atoms with Crippen LogP contribution in [0.1, 0.15) is 33.6 Å². The number of aliphatic hydroxyl groups is 1. The van der Waals surface area contributed by atoms with E-state index in [2.05, 4.69) is 32.9 Å². The van der Waals surface area contributed by atoms with E-state index in [1.54, 1.807) is 0 Å². The van der Waals surface area contributed by atoms with Crippen LogP contribution in [-0.2, 0) is 0 Å². The van der Waals surface area contributed by atoms with Gasteiger partial charge in [-0.1, -0.05) is 32.9 Å². The van der Waals surface area contributed by atoms with Crippen LogP contribution in [0.15, 0.2) is 12.2 Å². The Morgan fingerprint density at radius 3 is 2.36 bits per heavy atom. The van der Waals surface area contributed by atoms with Crippen molar-refractivity contribution in [2.45, 2.75) is 33.6 Å². The summed E-state index contributed by atoms with van der Waals surface area (Å²) < 4.78 is 0. The lowest BCUT2D eigenvalue weighted by atomic mass is 10.0. The van der Waals surface area contributed by atoms with Crippen LogP contribution in [0.3, 0.4) is 0 Å². The van der Waals surface area contributed by atoms with Crippen LogP contribution in [0.25, 0.3) is 0 Å². The second kappa shape index (κ2) is 6.41. The second-order valence-electron chi connectivity index (χ2n) is 3.53. The smallest absolute Gasteiger partial charge is 0.0433 e. The molecule has 1 atom stereocenters. The Kier molecular flexibility index (Phi) is 6.24. The zero-order chi connectivity index (χ0) is 8.69. The number of allylic oxidation sites excluding steroid dienone is 2. The Labute approximate surface area is 70.1 Å². The van der Waals surface area contributed by atoms with E-state index in [4.69, 9.17) is 5.11 Å². The van der Waals surface area contributed by atoms with Crippen molar-refractivity contribution in [1.82, 2.24) is 0 Å². The van der Waals surface area contributed by atoms with E-state index < -0.39 is 0 Å². The molecule has 0 aromatic heterocycles. The molecule has 1 heteroatoms. The highest BCUT2D eigenvalue weighted by Gasteiger charge is 1.96. The third-order valence-electron chi connectivity index (χ3n) is 1.68. The predicted octanol–water partition coefficient (Wildman–Crippen LogP) is 2.61. The van der Waals surface area contributed by atoms with Crippen LogP contribution in [0.2, 0.25) is 0 Å². The van der Waals surface area contributed by atoms with Crippen LogP contribution in [0.5, 0.6) is 0 Å². The molecule has 11 heavy (non-hydrogen) atoms. The summed E-state index contributed by atoms with van der Waals surface area (Å²) in [6, 6.07) is 0. The lowest BCUT2D eigenvalue weighted by Gasteiger charge is -2.04. The molecule has 0 aliphatic carbocycles. The Morgan fingerprint density at radius 1 is 1.27 bits per heavy atom. The average Bonchev–Trinajstić information content (AvgIpc) is 1.87. The van der Waals surface area contributed by atoms with Crippen molar-refractivity contribution in [3.05, 3.63) is 12.2 Å². The highest BCUT2D eigenvalue weighted by atomic mass is 16.2. The van der Waals surface area contributed by atoms with Crippen molar-refractivity contribution >= 4 is 0 Å². The van der Waals surface area contributed by atoms with E-state index in [-0.39, 0.29) is 0 Å². The third kappa shape index (κ3) is 7.60. The minimum atomic E-state index is 0.316. The SMILES string of the molecule is CC(C)/C=C/C[C@H](C)CCO. The maximum atomic E-state index is 8.62. The first-order valence-electron chi connectivity index (χ1n) is 4.44. The summed E-state index contributed by atoms with van der Waals surface area (Å²) in [7, 11) is 0. The van der Waals surface area contributed by atoms with Gasteiger partial charge in [0.15, 0.2) is 0 Å². The summed E-state index contributed by atoms with van der Waals surface area (Å²) in [4.78, 5) is 0. The van der Waals surface area contributed by atoms with Gasteiger partial charge < -0.3 is 5.11 Å². The highest BCUT2D eigenvalue weighted by Crippen LogP contribution is 2.08. The highest BCUT2D eigenvalue weighted by molar-refractivity contribution is 4.85. The van der Waals surface area contributed by atoms with Gasteiger partial charge in [0.25, 0.3) is 0 Å². The molecule has 0 bridgehead atoms. The van der Waals surface area contributed by atoms with Gasteiger partial charge in [-0.05, 0) is 24.7 Å². The summed E-state index contributed by atoms with van der Waals surface area (Å²) in [5.41, 5.74) is 0. The minimum absolute atomic E-state index is 0.316. The molecule has 0 unspecified atom stereocenters. The summed E-state index contributed by atoms with van der Waals surface area (Å²) >= 11 is 0. The van der Waals surface area contributed by atoms with E-state index in [1.165, 1.54) is 0 Å². The van der Waals surface area contributed by atoms with E-state index >= 15 is 0 Å². The molecule has 0 saturated heterocycles. The first-order valence-corrected chi connectivity index (χ1v) is 4.44. The lowest BCUT2D eigenvalue weighted by molar-refractivity contribution is 0.263. The Bertz CT molecular complexity index is 105. The minimum Gasteiger partial charge on any atom is -0.396 e. The Hall–Kier alpha value is -0.300. The number of hydrogen-bond acceptors (Lipinski definition) is 1. The molecule has 0 rings (SSSR count). The van der Waals surface area contributed by atoms with E-state index in [0.29, 0.717) is 18.4 Å². The zero-order valence-corrected chi connectivity index (χ0v) is 7.88. The number of rotatable bonds is 5. The van der Waals surface area contributed by atoms with Crippen molar-refractivity contribution in [1.29, 1.82) is 0 Å². The van der Waals surface area contributed by atoms with Crippen molar-refractivity contribution in [2.75, 3.05) is 6.61 Å². The first-order chi connectivity index (χ1) is 5.16. The molecule has 0 fully saturated rings. The van der Waals surface area contributed by atoms with Gasteiger partial charge in [0.2, 0.25) is 0 Å². The second-order valence-corrected chi connectivity index (χ2v) is 3.53. The maximum Gasteiger partial charge on any atom is 0.0433 e. The van der Waals surface area contributed by atoms with E-state index in [0.717, 1.165) is 12.8 Å². The fraction of sp³-hybridized carbons (Fsp3) is 0.800. The van der Waals surface area contributed by atoms with Gasteiger partial charge in [0.05, 0.1) is 0 Å². The average molecular weight is 156 g/mol. The summed E-state index contributed by atoms with van der Waals surface area (Å²) in [5.74, 6) is 1.27. The van der Waals surface area contributed by atoms with Gasteiger partial charge in [-0.15, -0.1) is 0 Å². The molecule has 0 aromatic carbocycles. The van der Waals surface area contributed by atoms with E-state index in [1.807, 2.05) is 0 Å². The van der Waals surface area contributed by atoms with Gasteiger partial charge in [-0.25, -0.2) is 0 Å². The fourth-order valence-corrected chi connectivity index (χ4v) is 0.921. The van der Waals surface area contributed by atoms with Gasteiger partial charge >= 0.3 is 0 Å². The van der Waals surface area contributed by atoms with Gasteiger partial charge in [-0.3, -0.25) is 0 Å². The molecule has 0 aliphatic rings. The first kappa shape index (κ1) is 10.7. The number of aliphatic hydroxyl groups excluding tert-OH is 1. The van der Waals surface area contributed by atoms with Crippen LogP contribution in [0.4, 0.5) is 0 Å². The normalized spacial score (nSPS) is 14.6. The topological polar surface area (TPSA) is 20.2 Å². The Balaban J connectivity index is 3.36. The largest absolute Gasteiger partial charge is 0.396 e. The molecule has 0 heterocycles. The molecule has 0 aromatic rings. The molecule has 1 nitrogen and oxygen atoms in total. The monoisotopic (exact) mass is 156 g/mol. The zero-order valence-electron chi connectivity index (χ0n) is 7.88. The van der Waals surface area contributed by atoms with Crippen LogP contribution >= 0.6 is 0 Å². The molecule has 0 radical (unpaired) electrons. The van der Waals surface area contributed by atoms with Gasteiger partial charge in [-0.2, -0.15) is 0 Å². The van der Waals surface area contributed by atoms with Crippen molar-refractivity contribution in [3.63, 3.8) is 0 Å². The standard InChI is InChI=1S/C10H20O/c1-9(2)5-4-6-10(3)7-8-11/h4-5,9-11H,6-8H2,1-3H3/b5-4+/t10-/m0/s1. The molecule has 0 saturated carbocycles. The molecular weight excluding hydrogens is 136 g/mol. The van der Waals surface area contributed by atoms with Gasteiger partial charge in [0, 0.05) is 6.61 Å². The molecule has 0 amide bonds. The molecule has 1 N–H and O–H groups in total. The van der Waals surface area contributed by atoms with Crippen LogP contribution in [-0.4, -0.2) is 11.7 Å². The third-order valence-corrected chi connectivity index (χ3v) is 1.68. The van der Waals surface area contributed by atoms with E-state index in [9.17, 15) is 0 Å². The number of hydrogen-bond donors (Lipinski definition) is 1. The van der Waals surface area contributed by atoms with Gasteiger partial charge in [0.1, 0.15) is 0 Å². The lowest BCUT2D eigenvalue weighted by Crippen LogP contribution is -1.95. The quantitative estimate of drug-likeness (QED) is 0.607. The molecular formula is C10H20O. The summed E-state index contributed by atoms with van der Waals surface area (Å²) in [5, 5.41) is 8.62. The Morgan fingerprint density at radius 2 is 1.91 bits per heavy atom. The van der Waals surface area contributed by atoms with Crippen molar-refractivity contribution in [2.24, 2.45) is 11.8 Å². The van der Waals surface area contributed by atoms with Crippen LogP contribution in [0, 0.1) is 11.8 Å². The van der Waals surface area contributed by atoms with Crippen molar-refractivity contribution < 1.29 is 5.11 Å².